The van der Waals surface area contributed by atoms with Gasteiger partial charge in [0, 0.05) is 25.5 Å². The van der Waals surface area contributed by atoms with Gasteiger partial charge in [0.25, 0.3) is 5.56 Å². The maximum Gasteiger partial charge on any atom is 0.267 e. The van der Waals surface area contributed by atoms with E-state index in [9.17, 15) is 4.79 Å². The minimum atomic E-state index is -0.163. The third-order valence-corrected chi connectivity index (χ3v) is 3.54. The molecule has 0 saturated heterocycles. The summed E-state index contributed by atoms with van der Waals surface area (Å²) in [6.07, 6.45) is 5.18. The number of fused-ring (bicyclic) bond motifs is 1. The van der Waals surface area contributed by atoms with E-state index < -0.39 is 0 Å². The Labute approximate surface area is 105 Å². The van der Waals surface area contributed by atoms with Crippen molar-refractivity contribution in [1.82, 2.24) is 19.5 Å². The molecule has 6 nitrogen and oxygen atoms in total. The highest BCUT2D eigenvalue weighted by Crippen LogP contribution is 2.22. The van der Waals surface area contributed by atoms with Crippen LogP contribution in [0.25, 0.3) is 0 Å². The van der Waals surface area contributed by atoms with Crippen LogP contribution in [0.4, 0.5) is 5.82 Å². The van der Waals surface area contributed by atoms with Crippen molar-refractivity contribution in [3.8, 4) is 0 Å². The van der Waals surface area contributed by atoms with E-state index in [1.807, 2.05) is 11.1 Å². The Morgan fingerprint density at radius 2 is 2.24 bits per heavy atom. The van der Waals surface area contributed by atoms with E-state index in [1.165, 1.54) is 6.33 Å². The lowest BCUT2D eigenvalue weighted by molar-refractivity contribution is 0.555. The van der Waals surface area contributed by atoms with Crippen LogP contribution < -0.4 is 10.5 Å². The second kappa shape index (κ2) is 3.99. The Kier molecular flexibility index (Phi) is 2.47. The normalized spacial score (nSPS) is 14.8. The molecule has 0 aromatic carbocycles. The number of hydrogen-bond acceptors (Lipinski definition) is 4. The number of hydrogen-bond donors (Lipinski definition) is 1. The van der Waals surface area contributed by atoms with Crippen molar-refractivity contribution in [3.63, 3.8) is 0 Å². The average molecular weight is 296 g/mol. The molecule has 1 aliphatic heterocycles. The van der Waals surface area contributed by atoms with Gasteiger partial charge in [-0.2, -0.15) is 0 Å². The van der Waals surface area contributed by atoms with Crippen LogP contribution in [0.2, 0.25) is 0 Å². The van der Waals surface area contributed by atoms with Gasteiger partial charge in [0.2, 0.25) is 0 Å². The zero-order chi connectivity index (χ0) is 11.8. The molecule has 0 aliphatic carbocycles. The Balaban J connectivity index is 1.97. The van der Waals surface area contributed by atoms with Gasteiger partial charge in [-0.25, -0.2) is 9.97 Å². The van der Waals surface area contributed by atoms with E-state index in [0.29, 0.717) is 16.8 Å². The van der Waals surface area contributed by atoms with Crippen LogP contribution >= 0.6 is 15.9 Å². The molecule has 2 aromatic rings. The molecule has 0 atom stereocenters. The van der Waals surface area contributed by atoms with Gasteiger partial charge < -0.3 is 14.5 Å². The fourth-order valence-electron chi connectivity index (χ4n) is 1.95. The third-order valence-electron chi connectivity index (χ3n) is 2.82. The van der Waals surface area contributed by atoms with Crippen LogP contribution in [0.3, 0.4) is 0 Å². The molecule has 3 rings (SSSR count). The zero-order valence-corrected chi connectivity index (χ0v) is 10.5. The lowest BCUT2D eigenvalue weighted by atomic mass is 10.3. The van der Waals surface area contributed by atoms with Gasteiger partial charge in [-0.15, -0.1) is 0 Å². The maximum absolute atomic E-state index is 11.5. The van der Waals surface area contributed by atoms with Crippen LogP contribution in [0.1, 0.15) is 5.82 Å². The summed E-state index contributed by atoms with van der Waals surface area (Å²) in [7, 11) is 0. The number of H-pyrrole nitrogens is 1. The van der Waals surface area contributed by atoms with Crippen molar-refractivity contribution in [2.45, 2.75) is 13.1 Å². The highest BCUT2D eigenvalue weighted by atomic mass is 79.9. The Morgan fingerprint density at radius 1 is 1.35 bits per heavy atom. The number of nitrogens with zero attached hydrogens (tertiary/aromatic N) is 4. The monoisotopic (exact) mass is 295 g/mol. The first kappa shape index (κ1) is 10.5. The molecule has 0 unspecified atom stereocenters. The average Bonchev–Trinajstić information content (AvgIpc) is 2.79. The Hall–Kier alpha value is -1.63. The molecule has 88 valence electrons. The van der Waals surface area contributed by atoms with Crippen LogP contribution in [-0.4, -0.2) is 26.1 Å². The molecule has 17 heavy (non-hydrogen) atoms. The van der Waals surface area contributed by atoms with Gasteiger partial charge in [0.05, 0.1) is 12.9 Å². The van der Waals surface area contributed by atoms with E-state index >= 15 is 0 Å². The van der Waals surface area contributed by atoms with Crippen LogP contribution in [0.15, 0.2) is 28.0 Å². The van der Waals surface area contributed by atoms with E-state index in [0.717, 1.165) is 18.9 Å². The smallest absolute Gasteiger partial charge is 0.267 e. The quantitative estimate of drug-likeness (QED) is 0.843. The van der Waals surface area contributed by atoms with Crippen LogP contribution in [0, 0.1) is 0 Å². The van der Waals surface area contributed by atoms with Gasteiger partial charge >= 0.3 is 0 Å². The molecule has 0 bridgehead atoms. The standard InChI is InChI=1S/C10H10BrN5O/c11-8-9(13-6-14-10(8)17)16-4-3-15-2-1-12-7(15)5-16/h1-2,6H,3-5H2,(H,13,14,17). The highest BCUT2D eigenvalue weighted by molar-refractivity contribution is 9.10. The van der Waals surface area contributed by atoms with E-state index in [2.05, 4.69) is 35.4 Å². The molecular formula is C10H10BrN5O. The topological polar surface area (TPSA) is 66.8 Å². The summed E-state index contributed by atoms with van der Waals surface area (Å²) in [5, 5.41) is 0. The van der Waals surface area contributed by atoms with Gasteiger partial charge in [-0.3, -0.25) is 4.79 Å². The SMILES string of the molecule is O=c1[nH]cnc(N2CCn3ccnc3C2)c1Br. The molecule has 0 amide bonds. The van der Waals surface area contributed by atoms with Crippen molar-refractivity contribution < 1.29 is 0 Å². The summed E-state index contributed by atoms with van der Waals surface area (Å²) in [4.78, 5) is 24.5. The molecule has 7 heteroatoms. The predicted octanol–water partition coefficient (Wildman–Crippen LogP) is 0.749. The van der Waals surface area contributed by atoms with E-state index in [-0.39, 0.29) is 5.56 Å². The van der Waals surface area contributed by atoms with Crippen molar-refractivity contribution >= 4 is 21.7 Å². The van der Waals surface area contributed by atoms with Crippen molar-refractivity contribution in [3.05, 3.63) is 39.4 Å². The number of halogens is 1. The number of anilines is 1. The minimum absolute atomic E-state index is 0.163. The lowest BCUT2D eigenvalue weighted by Crippen LogP contribution is -2.35. The summed E-state index contributed by atoms with van der Waals surface area (Å²) in [6, 6.07) is 0. The fourth-order valence-corrected chi connectivity index (χ4v) is 2.42. The second-order valence-electron chi connectivity index (χ2n) is 3.83. The molecule has 0 fully saturated rings. The molecule has 3 heterocycles. The molecule has 2 aromatic heterocycles. The fraction of sp³-hybridized carbons (Fsp3) is 0.300. The second-order valence-corrected chi connectivity index (χ2v) is 4.62. The van der Waals surface area contributed by atoms with Gasteiger partial charge in [0.1, 0.15) is 10.3 Å². The molecule has 0 radical (unpaired) electrons. The third kappa shape index (κ3) is 1.76. The number of aromatic nitrogens is 4. The summed E-state index contributed by atoms with van der Waals surface area (Å²) in [6.45, 7) is 2.34. The van der Waals surface area contributed by atoms with Crippen molar-refractivity contribution in [1.29, 1.82) is 0 Å². The molecule has 0 saturated carbocycles. The van der Waals surface area contributed by atoms with Crippen LogP contribution in [0.5, 0.6) is 0 Å². The first-order chi connectivity index (χ1) is 8.25. The highest BCUT2D eigenvalue weighted by Gasteiger charge is 2.20. The number of rotatable bonds is 1. The van der Waals surface area contributed by atoms with Crippen molar-refractivity contribution in [2.24, 2.45) is 0 Å². The predicted molar refractivity (Wildman–Crippen MR) is 65.8 cm³/mol. The molecular weight excluding hydrogens is 286 g/mol. The lowest BCUT2D eigenvalue weighted by Gasteiger charge is -2.28. The van der Waals surface area contributed by atoms with Gasteiger partial charge in [0.15, 0.2) is 5.82 Å². The number of nitrogens with one attached hydrogen (secondary N) is 1. The zero-order valence-electron chi connectivity index (χ0n) is 8.93. The Bertz CT molecular complexity index is 605. The first-order valence-corrected chi connectivity index (χ1v) is 6.03. The van der Waals surface area contributed by atoms with E-state index in [1.54, 1.807) is 6.20 Å². The van der Waals surface area contributed by atoms with Crippen molar-refractivity contribution in [2.75, 3.05) is 11.4 Å². The minimum Gasteiger partial charge on any atom is -0.346 e. The summed E-state index contributed by atoms with van der Waals surface area (Å²) in [5.74, 6) is 1.66. The van der Waals surface area contributed by atoms with Gasteiger partial charge in [-0.1, -0.05) is 0 Å². The summed E-state index contributed by atoms with van der Waals surface area (Å²) < 4.78 is 2.58. The summed E-state index contributed by atoms with van der Waals surface area (Å²) in [5.41, 5.74) is -0.163. The summed E-state index contributed by atoms with van der Waals surface area (Å²) >= 11 is 3.27. The molecule has 1 aliphatic rings. The number of imidazole rings is 1. The van der Waals surface area contributed by atoms with Gasteiger partial charge in [-0.05, 0) is 15.9 Å². The molecule has 1 N–H and O–H groups in total. The maximum atomic E-state index is 11.5. The van der Waals surface area contributed by atoms with Crippen LogP contribution in [-0.2, 0) is 13.1 Å². The Morgan fingerprint density at radius 3 is 3.12 bits per heavy atom. The first-order valence-electron chi connectivity index (χ1n) is 5.24. The number of aromatic amines is 1. The largest absolute Gasteiger partial charge is 0.346 e. The van der Waals surface area contributed by atoms with E-state index in [4.69, 9.17) is 0 Å². The molecule has 0 spiro atoms.